The molecule has 17 heteroatoms. The van der Waals surface area contributed by atoms with Crippen molar-refractivity contribution in [3.05, 3.63) is 119 Å². The summed E-state index contributed by atoms with van der Waals surface area (Å²) in [6, 6.07) is 25.3. The topological polar surface area (TPSA) is 248 Å². The van der Waals surface area contributed by atoms with Gasteiger partial charge in [0.25, 0.3) is 29.5 Å². The summed E-state index contributed by atoms with van der Waals surface area (Å²) >= 11 is 0. The van der Waals surface area contributed by atoms with Gasteiger partial charge >= 0.3 is 0 Å². The van der Waals surface area contributed by atoms with Gasteiger partial charge in [0, 0.05) is 41.3 Å². The molecular formula is C46H42N8O9. The lowest BCUT2D eigenvalue weighted by molar-refractivity contribution is -0.136. The van der Waals surface area contributed by atoms with Crippen molar-refractivity contribution in [2.45, 2.75) is 56.7 Å². The second-order valence-corrected chi connectivity index (χ2v) is 15.5. The Morgan fingerprint density at radius 3 is 2.21 bits per heavy atom. The van der Waals surface area contributed by atoms with Crippen LogP contribution < -0.4 is 37.1 Å². The number of amides is 8. The highest BCUT2D eigenvalue weighted by Gasteiger charge is 2.46. The van der Waals surface area contributed by atoms with Crippen LogP contribution in [0.15, 0.2) is 97.2 Å². The van der Waals surface area contributed by atoms with Gasteiger partial charge in [0.15, 0.2) is 6.61 Å². The molecule has 3 heterocycles. The van der Waals surface area contributed by atoms with Gasteiger partial charge < -0.3 is 31.7 Å². The van der Waals surface area contributed by atoms with E-state index in [2.05, 4.69) is 31.6 Å². The predicted octanol–water partition coefficient (Wildman–Crippen LogP) is 3.50. The van der Waals surface area contributed by atoms with Crippen molar-refractivity contribution in [1.82, 2.24) is 31.2 Å². The fourth-order valence-corrected chi connectivity index (χ4v) is 8.08. The van der Waals surface area contributed by atoms with Gasteiger partial charge in [0.2, 0.25) is 17.7 Å². The van der Waals surface area contributed by atoms with Crippen LogP contribution in [0.4, 0.5) is 11.4 Å². The van der Waals surface area contributed by atoms with E-state index in [1.807, 2.05) is 60.7 Å². The molecule has 2 aliphatic heterocycles. The Labute approximate surface area is 360 Å². The Morgan fingerprint density at radius 1 is 0.778 bits per heavy atom. The first kappa shape index (κ1) is 41.8. The van der Waals surface area contributed by atoms with Crippen LogP contribution in [-0.4, -0.2) is 88.4 Å². The smallest absolute Gasteiger partial charge is 0.266 e. The number of hydrogen-bond donors (Lipinski definition) is 6. The first-order valence-electron chi connectivity index (χ1n) is 20.4. The summed E-state index contributed by atoms with van der Waals surface area (Å²) in [5.41, 5.74) is 10.1. The number of carbonyl (C=O) groups excluding carboxylic acids is 8. The van der Waals surface area contributed by atoms with Gasteiger partial charge in [-0.3, -0.25) is 53.6 Å². The molecule has 5 aromatic rings. The molecule has 2 fully saturated rings. The zero-order chi connectivity index (χ0) is 44.2. The fourth-order valence-electron chi connectivity index (χ4n) is 8.08. The first-order valence-corrected chi connectivity index (χ1v) is 20.4. The third kappa shape index (κ3) is 9.07. The second-order valence-electron chi connectivity index (χ2n) is 15.5. The third-order valence-corrected chi connectivity index (χ3v) is 11.3. The van der Waals surface area contributed by atoms with E-state index >= 15 is 0 Å². The van der Waals surface area contributed by atoms with Crippen molar-refractivity contribution in [3.63, 3.8) is 0 Å². The molecule has 1 saturated carbocycles. The third-order valence-electron chi connectivity index (χ3n) is 11.3. The minimum absolute atomic E-state index is 0.00170. The van der Waals surface area contributed by atoms with Crippen molar-refractivity contribution >= 4 is 69.5 Å². The van der Waals surface area contributed by atoms with Crippen LogP contribution in [-0.2, 0) is 19.2 Å². The summed E-state index contributed by atoms with van der Waals surface area (Å²) in [5.74, 6) is -4.60. The molecule has 1 aromatic heterocycles. The van der Waals surface area contributed by atoms with Gasteiger partial charge in [0.05, 0.1) is 34.4 Å². The van der Waals surface area contributed by atoms with Crippen LogP contribution in [0.1, 0.15) is 80.0 Å². The highest BCUT2D eigenvalue weighted by atomic mass is 16.5. The number of fused-ring (bicyclic) bond motifs is 2. The van der Waals surface area contributed by atoms with E-state index in [9.17, 15) is 38.4 Å². The van der Waals surface area contributed by atoms with Crippen molar-refractivity contribution < 1.29 is 43.1 Å². The van der Waals surface area contributed by atoms with E-state index in [0.717, 1.165) is 21.7 Å². The lowest BCUT2D eigenvalue weighted by Crippen LogP contribution is -2.54. The Morgan fingerprint density at radius 2 is 1.49 bits per heavy atom. The van der Waals surface area contributed by atoms with Crippen LogP contribution in [0, 0.1) is 0 Å². The zero-order valence-electron chi connectivity index (χ0n) is 33.8. The lowest BCUT2D eigenvalue weighted by atomic mass is 9.91. The molecule has 0 spiro atoms. The lowest BCUT2D eigenvalue weighted by Gasteiger charge is -2.29. The number of piperidine rings is 1. The van der Waals surface area contributed by atoms with E-state index < -0.39 is 54.0 Å². The number of pyridine rings is 1. The highest BCUT2D eigenvalue weighted by Crippen LogP contribution is 2.35. The fraction of sp³-hybridized carbons (Fsp3) is 0.239. The van der Waals surface area contributed by atoms with E-state index in [4.69, 9.17) is 10.5 Å². The molecule has 1 atom stereocenters. The number of hydrogen-bond acceptors (Lipinski definition) is 11. The maximum atomic E-state index is 13.3. The molecule has 17 nitrogen and oxygen atoms in total. The summed E-state index contributed by atoms with van der Waals surface area (Å²) in [6.45, 7) is -0.871. The molecule has 1 unspecified atom stereocenters. The van der Waals surface area contributed by atoms with Gasteiger partial charge in [-0.2, -0.15) is 0 Å². The van der Waals surface area contributed by atoms with E-state index in [0.29, 0.717) is 47.8 Å². The monoisotopic (exact) mass is 850 g/mol. The second kappa shape index (κ2) is 18.0. The molecule has 8 amide bonds. The number of carbonyl (C=O) groups is 8. The molecule has 0 bridgehead atoms. The first-order chi connectivity index (χ1) is 30.4. The SMILES string of the molecule is NC(=O)c1cnc2ccc(-c3ccc(C(=O)NC4CCC(NC(=O)CNC(=O)COc5cccc6c5C(=O)N(C5CCC(=O)NC5=O)C6=O)CC4)cc3)cc2c1Nc1ccccc1. The van der Waals surface area contributed by atoms with Gasteiger partial charge in [0.1, 0.15) is 11.8 Å². The van der Waals surface area contributed by atoms with Gasteiger partial charge in [-0.05, 0) is 91.8 Å². The maximum Gasteiger partial charge on any atom is 0.266 e. The Balaban J connectivity index is 0.789. The number of rotatable bonds is 13. The number of nitrogens with two attached hydrogens (primary N) is 1. The highest BCUT2D eigenvalue weighted by molar-refractivity contribution is 6.24. The van der Waals surface area contributed by atoms with Gasteiger partial charge in [-0.25, -0.2) is 0 Å². The summed E-state index contributed by atoms with van der Waals surface area (Å²) < 4.78 is 5.59. The predicted molar refractivity (Wildman–Crippen MR) is 229 cm³/mol. The molecule has 4 aromatic carbocycles. The largest absolute Gasteiger partial charge is 0.483 e. The van der Waals surface area contributed by atoms with Gasteiger partial charge in [-0.15, -0.1) is 0 Å². The average Bonchev–Trinajstić information content (AvgIpc) is 3.54. The van der Waals surface area contributed by atoms with Crippen molar-refractivity contribution in [3.8, 4) is 16.9 Å². The minimum Gasteiger partial charge on any atom is -0.483 e. The minimum atomic E-state index is -1.15. The van der Waals surface area contributed by atoms with Crippen molar-refractivity contribution in [2.75, 3.05) is 18.5 Å². The summed E-state index contributed by atoms with van der Waals surface area (Å²) in [4.78, 5) is 106. The van der Waals surface area contributed by atoms with Crippen LogP contribution in [0.5, 0.6) is 5.75 Å². The molecule has 8 rings (SSSR count). The Bertz CT molecular complexity index is 2680. The van der Waals surface area contributed by atoms with Crippen LogP contribution in [0.3, 0.4) is 0 Å². The van der Waals surface area contributed by atoms with Gasteiger partial charge in [-0.1, -0.05) is 42.5 Å². The Kier molecular flexibility index (Phi) is 11.9. The number of anilines is 2. The molecular weight excluding hydrogens is 809 g/mol. The zero-order valence-corrected chi connectivity index (χ0v) is 33.8. The molecule has 1 aliphatic carbocycles. The van der Waals surface area contributed by atoms with E-state index in [-0.39, 0.29) is 59.8 Å². The number of benzene rings is 4. The summed E-state index contributed by atoms with van der Waals surface area (Å²) in [5, 5.41) is 14.7. The summed E-state index contributed by atoms with van der Waals surface area (Å²) in [7, 11) is 0. The van der Waals surface area contributed by atoms with E-state index in [1.165, 1.54) is 24.4 Å². The number of para-hydroxylation sites is 1. The molecule has 3 aliphatic rings. The van der Waals surface area contributed by atoms with E-state index in [1.54, 1.807) is 12.1 Å². The number of primary amides is 1. The number of nitrogens with zero attached hydrogens (tertiary/aromatic N) is 2. The van der Waals surface area contributed by atoms with Crippen molar-refractivity contribution in [2.24, 2.45) is 5.73 Å². The number of imide groups is 2. The molecule has 320 valence electrons. The summed E-state index contributed by atoms with van der Waals surface area (Å²) in [6.07, 6.45) is 3.94. The molecule has 1 saturated heterocycles. The molecule has 0 radical (unpaired) electrons. The number of ether oxygens (including phenoxy) is 1. The number of aromatic nitrogens is 1. The number of nitrogens with one attached hydrogen (secondary N) is 5. The van der Waals surface area contributed by atoms with Crippen molar-refractivity contribution in [1.29, 1.82) is 0 Å². The molecule has 7 N–H and O–H groups in total. The van der Waals surface area contributed by atoms with Crippen LogP contribution in [0.25, 0.3) is 22.0 Å². The Hall–Kier alpha value is -7.95. The quantitative estimate of drug-likeness (QED) is 0.0936. The standard InChI is InChI=1S/C46H42N8O9/c47-42(58)33-22-48-34-18-13-27(21-32(34)41(33)51-28-5-2-1-3-6-28)25-9-11-26(12-10-25)43(59)52-30-16-14-29(15-17-30)50-38(56)23-49-39(57)24-63-36-8-4-7-31-40(36)46(62)54(45(31)61)35-19-20-37(55)53-44(35)60/h1-13,18,21-22,29-30,35H,14-17,19-20,23-24H2,(H2,47,58)(H,48,51)(H,49,57)(H,50,56)(H,52,59)(H,53,55,60). The average molecular weight is 851 g/mol. The molecule has 63 heavy (non-hydrogen) atoms. The van der Waals surface area contributed by atoms with Crippen LogP contribution >= 0.6 is 0 Å². The van der Waals surface area contributed by atoms with Crippen LogP contribution in [0.2, 0.25) is 0 Å². The maximum absolute atomic E-state index is 13.3. The normalized spacial score (nSPS) is 18.3.